The Morgan fingerprint density at radius 2 is 2.29 bits per heavy atom. The molecule has 0 fully saturated rings. The van der Waals surface area contributed by atoms with Gasteiger partial charge in [0.1, 0.15) is 0 Å². The maximum absolute atomic E-state index is 4.02. The lowest BCUT2D eigenvalue weighted by molar-refractivity contribution is 0.665. The molecule has 1 heterocycles. The van der Waals surface area contributed by atoms with Gasteiger partial charge in [0, 0.05) is 5.39 Å². The van der Waals surface area contributed by atoms with Crippen LogP contribution in [0.2, 0.25) is 0 Å². The van der Waals surface area contributed by atoms with Crippen LogP contribution in [-0.2, 0) is 0 Å². The molecule has 0 amide bonds. The molecule has 0 aliphatic heterocycles. The van der Waals surface area contributed by atoms with Crippen LogP contribution in [-0.4, -0.2) is 10.2 Å². The molecule has 2 nitrogen and oxygen atoms in total. The van der Waals surface area contributed by atoms with Crippen LogP contribution in [0, 0.1) is 0 Å². The van der Waals surface area contributed by atoms with Crippen LogP contribution in [0.15, 0.2) is 24.4 Å². The van der Waals surface area contributed by atoms with Crippen LogP contribution < -0.4 is 0 Å². The first-order valence-electron chi connectivity index (χ1n) is 5.24. The second-order valence-corrected chi connectivity index (χ2v) is 3.91. The van der Waals surface area contributed by atoms with Crippen LogP contribution in [0.1, 0.15) is 38.2 Å². The van der Waals surface area contributed by atoms with E-state index in [1.165, 1.54) is 23.8 Å². The molecule has 0 aliphatic rings. The zero-order chi connectivity index (χ0) is 9.97. The van der Waals surface area contributed by atoms with Crippen LogP contribution in [0.25, 0.3) is 10.9 Å². The number of nitrogens with one attached hydrogen (secondary N) is 1. The monoisotopic (exact) mass is 188 g/mol. The minimum absolute atomic E-state index is 0.646. The predicted octanol–water partition coefficient (Wildman–Crippen LogP) is 3.47. The molecule has 0 saturated carbocycles. The van der Waals surface area contributed by atoms with E-state index in [4.69, 9.17) is 0 Å². The summed E-state index contributed by atoms with van der Waals surface area (Å²) in [5.41, 5.74) is 2.55. The first-order valence-corrected chi connectivity index (χ1v) is 5.24. The molecule has 2 aromatic rings. The molecule has 0 spiro atoms. The normalized spacial score (nSPS) is 13.3. The van der Waals surface area contributed by atoms with Gasteiger partial charge in [0.05, 0.1) is 11.7 Å². The van der Waals surface area contributed by atoms with Gasteiger partial charge in [0.25, 0.3) is 0 Å². The number of rotatable bonds is 3. The zero-order valence-corrected chi connectivity index (χ0v) is 8.75. The van der Waals surface area contributed by atoms with Crippen molar-refractivity contribution in [2.24, 2.45) is 0 Å². The third-order valence-corrected chi connectivity index (χ3v) is 2.76. The van der Waals surface area contributed by atoms with E-state index in [1.54, 1.807) is 0 Å². The third-order valence-electron chi connectivity index (χ3n) is 2.76. The molecule has 0 radical (unpaired) electrons. The van der Waals surface area contributed by atoms with Crippen LogP contribution >= 0.6 is 0 Å². The molecule has 14 heavy (non-hydrogen) atoms. The molecule has 0 saturated heterocycles. The second kappa shape index (κ2) is 3.82. The van der Waals surface area contributed by atoms with Crippen molar-refractivity contribution < 1.29 is 0 Å². The van der Waals surface area contributed by atoms with Gasteiger partial charge < -0.3 is 0 Å². The van der Waals surface area contributed by atoms with E-state index in [2.05, 4.69) is 42.2 Å². The van der Waals surface area contributed by atoms with Crippen molar-refractivity contribution in [2.75, 3.05) is 0 Å². The van der Waals surface area contributed by atoms with E-state index in [1.807, 2.05) is 6.20 Å². The standard InChI is InChI=1S/C12H16N2/c1-3-4-9(2)10-5-6-11-8-13-14-12(11)7-10/h5-9H,3-4H2,1-2H3,(H,13,14). The molecule has 74 valence electrons. The second-order valence-electron chi connectivity index (χ2n) is 3.91. The average Bonchev–Trinajstić information content (AvgIpc) is 2.64. The van der Waals surface area contributed by atoms with Crippen molar-refractivity contribution in [3.8, 4) is 0 Å². The SMILES string of the molecule is CCCC(C)c1ccc2cn[nH]c2c1. The minimum atomic E-state index is 0.646. The van der Waals surface area contributed by atoms with Gasteiger partial charge in [-0.2, -0.15) is 5.10 Å². The fourth-order valence-electron chi connectivity index (χ4n) is 1.86. The maximum atomic E-state index is 4.02. The Bertz CT molecular complexity index is 417. The van der Waals surface area contributed by atoms with Gasteiger partial charge in [-0.1, -0.05) is 32.4 Å². The zero-order valence-electron chi connectivity index (χ0n) is 8.75. The first kappa shape index (κ1) is 9.25. The topological polar surface area (TPSA) is 28.7 Å². The van der Waals surface area contributed by atoms with E-state index in [0.29, 0.717) is 5.92 Å². The lowest BCUT2D eigenvalue weighted by Gasteiger charge is -2.09. The molecular formula is C12H16N2. The average molecular weight is 188 g/mol. The summed E-state index contributed by atoms with van der Waals surface area (Å²) >= 11 is 0. The number of aromatic nitrogens is 2. The van der Waals surface area contributed by atoms with Gasteiger partial charge >= 0.3 is 0 Å². The molecule has 1 N–H and O–H groups in total. The van der Waals surface area contributed by atoms with E-state index in [-0.39, 0.29) is 0 Å². The molecule has 0 aliphatic carbocycles. The smallest absolute Gasteiger partial charge is 0.0653 e. The Kier molecular flexibility index (Phi) is 2.53. The molecule has 2 heteroatoms. The largest absolute Gasteiger partial charge is 0.278 e. The summed E-state index contributed by atoms with van der Waals surface area (Å²) in [4.78, 5) is 0. The highest BCUT2D eigenvalue weighted by Gasteiger charge is 2.05. The van der Waals surface area contributed by atoms with Crippen molar-refractivity contribution in [3.05, 3.63) is 30.0 Å². The summed E-state index contributed by atoms with van der Waals surface area (Å²) in [5, 5.41) is 8.22. The van der Waals surface area contributed by atoms with Crippen LogP contribution in [0.4, 0.5) is 0 Å². The van der Waals surface area contributed by atoms with E-state index >= 15 is 0 Å². The van der Waals surface area contributed by atoms with Crippen LogP contribution in [0.5, 0.6) is 0 Å². The highest BCUT2D eigenvalue weighted by atomic mass is 15.1. The molecular weight excluding hydrogens is 172 g/mol. The van der Waals surface area contributed by atoms with E-state index < -0.39 is 0 Å². The van der Waals surface area contributed by atoms with Crippen molar-refractivity contribution in [1.29, 1.82) is 0 Å². The lowest BCUT2D eigenvalue weighted by Crippen LogP contribution is -1.92. The summed E-state index contributed by atoms with van der Waals surface area (Å²) in [6.45, 7) is 4.51. The van der Waals surface area contributed by atoms with Crippen molar-refractivity contribution >= 4 is 10.9 Å². The Balaban J connectivity index is 2.33. The number of hydrogen-bond donors (Lipinski definition) is 1. The summed E-state index contributed by atoms with van der Waals surface area (Å²) < 4.78 is 0. The Morgan fingerprint density at radius 3 is 3.07 bits per heavy atom. The molecule has 1 aromatic carbocycles. The van der Waals surface area contributed by atoms with Crippen molar-refractivity contribution in [3.63, 3.8) is 0 Å². The van der Waals surface area contributed by atoms with Crippen molar-refractivity contribution in [2.45, 2.75) is 32.6 Å². The predicted molar refractivity (Wildman–Crippen MR) is 59.4 cm³/mol. The molecule has 1 atom stereocenters. The number of hydrogen-bond acceptors (Lipinski definition) is 1. The highest BCUT2D eigenvalue weighted by molar-refractivity contribution is 5.78. The number of nitrogens with zero attached hydrogens (tertiary/aromatic N) is 1. The molecule has 1 aromatic heterocycles. The van der Waals surface area contributed by atoms with Crippen LogP contribution in [0.3, 0.4) is 0 Å². The van der Waals surface area contributed by atoms with E-state index in [9.17, 15) is 0 Å². The van der Waals surface area contributed by atoms with Gasteiger partial charge in [0.2, 0.25) is 0 Å². The minimum Gasteiger partial charge on any atom is -0.278 e. The van der Waals surface area contributed by atoms with Gasteiger partial charge in [-0.15, -0.1) is 0 Å². The molecule has 2 rings (SSSR count). The summed E-state index contributed by atoms with van der Waals surface area (Å²) in [6.07, 6.45) is 4.35. The maximum Gasteiger partial charge on any atom is 0.0653 e. The molecule has 1 unspecified atom stereocenters. The fourth-order valence-corrected chi connectivity index (χ4v) is 1.86. The first-order chi connectivity index (χ1) is 6.81. The van der Waals surface area contributed by atoms with E-state index in [0.717, 1.165) is 5.52 Å². The van der Waals surface area contributed by atoms with Gasteiger partial charge in [-0.3, -0.25) is 5.10 Å². The Labute approximate surface area is 84.3 Å². The number of H-pyrrole nitrogens is 1. The van der Waals surface area contributed by atoms with Gasteiger partial charge in [-0.25, -0.2) is 0 Å². The molecule has 0 bridgehead atoms. The summed E-state index contributed by atoms with van der Waals surface area (Å²) in [7, 11) is 0. The lowest BCUT2D eigenvalue weighted by atomic mass is 9.96. The van der Waals surface area contributed by atoms with Crippen molar-refractivity contribution in [1.82, 2.24) is 10.2 Å². The summed E-state index contributed by atoms with van der Waals surface area (Å²) in [5.74, 6) is 0.646. The third kappa shape index (κ3) is 1.65. The quantitative estimate of drug-likeness (QED) is 0.785. The van der Waals surface area contributed by atoms with Gasteiger partial charge in [-0.05, 0) is 24.0 Å². The Hall–Kier alpha value is -1.31. The highest BCUT2D eigenvalue weighted by Crippen LogP contribution is 2.23. The summed E-state index contributed by atoms with van der Waals surface area (Å²) in [6, 6.07) is 6.56. The Morgan fingerprint density at radius 1 is 1.43 bits per heavy atom. The fraction of sp³-hybridized carbons (Fsp3) is 0.417. The number of benzene rings is 1. The van der Waals surface area contributed by atoms with Gasteiger partial charge in [0.15, 0.2) is 0 Å². The number of fused-ring (bicyclic) bond motifs is 1. The number of aromatic amines is 1.